The summed E-state index contributed by atoms with van der Waals surface area (Å²) in [6, 6.07) is 0. The van der Waals surface area contributed by atoms with E-state index in [0.29, 0.717) is 5.41 Å². The van der Waals surface area contributed by atoms with E-state index in [-0.39, 0.29) is 0 Å². The third-order valence-corrected chi connectivity index (χ3v) is 4.20. The first kappa shape index (κ1) is 14.4. The summed E-state index contributed by atoms with van der Waals surface area (Å²) in [5.41, 5.74) is 0.532. The Balaban J connectivity index is 1.87. The molecule has 0 atom stereocenters. The molecule has 0 aromatic rings. The molecule has 1 aliphatic rings. The number of unbranched alkanes of at least 4 members (excludes halogenated alkanes) is 3. The van der Waals surface area contributed by atoms with Crippen molar-refractivity contribution < 1.29 is 0 Å². The molecular formula is C14H29NS. The van der Waals surface area contributed by atoms with Crippen LogP contribution in [0.5, 0.6) is 0 Å². The second-order valence-corrected chi connectivity index (χ2v) is 7.40. The van der Waals surface area contributed by atoms with E-state index in [9.17, 15) is 0 Å². The molecule has 1 heterocycles. The predicted molar refractivity (Wildman–Crippen MR) is 76.3 cm³/mol. The molecule has 96 valence electrons. The first-order valence-electron chi connectivity index (χ1n) is 6.88. The first-order chi connectivity index (χ1) is 7.58. The molecule has 0 amide bonds. The lowest BCUT2D eigenvalue weighted by Gasteiger charge is -2.26. The average Bonchev–Trinajstić information content (AvgIpc) is 2.23. The minimum absolute atomic E-state index is 0.532. The van der Waals surface area contributed by atoms with Crippen molar-refractivity contribution in [1.29, 1.82) is 0 Å². The fourth-order valence-corrected chi connectivity index (χ4v) is 3.15. The van der Waals surface area contributed by atoms with Crippen molar-refractivity contribution in [2.24, 2.45) is 5.41 Å². The van der Waals surface area contributed by atoms with Crippen LogP contribution in [0.15, 0.2) is 0 Å². The highest BCUT2D eigenvalue weighted by Crippen LogP contribution is 2.22. The smallest absolute Gasteiger partial charge is 0.00727 e. The molecule has 0 bridgehead atoms. The molecule has 1 saturated heterocycles. The Morgan fingerprint density at radius 3 is 2.19 bits per heavy atom. The summed E-state index contributed by atoms with van der Waals surface area (Å²) in [6.07, 6.45) is 7.07. The van der Waals surface area contributed by atoms with Crippen LogP contribution in [-0.2, 0) is 0 Å². The predicted octanol–water partition coefficient (Wildman–Crippen LogP) is 4.03. The lowest BCUT2D eigenvalue weighted by molar-refractivity contribution is 0.291. The van der Waals surface area contributed by atoms with Gasteiger partial charge in [0.05, 0.1) is 0 Å². The largest absolute Gasteiger partial charge is 0.302 e. The first-order valence-corrected chi connectivity index (χ1v) is 8.03. The van der Waals surface area contributed by atoms with Gasteiger partial charge in [-0.2, -0.15) is 11.8 Å². The Labute approximate surface area is 106 Å². The highest BCUT2D eigenvalue weighted by Gasteiger charge is 2.10. The summed E-state index contributed by atoms with van der Waals surface area (Å²) in [6.45, 7) is 11.0. The number of hydrogen-bond donors (Lipinski definition) is 0. The van der Waals surface area contributed by atoms with Gasteiger partial charge in [-0.25, -0.2) is 0 Å². The Bertz CT molecular complexity index is 168. The van der Waals surface area contributed by atoms with Crippen molar-refractivity contribution in [3.8, 4) is 0 Å². The molecule has 0 spiro atoms. The molecule has 0 aromatic carbocycles. The quantitative estimate of drug-likeness (QED) is 0.648. The van der Waals surface area contributed by atoms with E-state index in [1.807, 2.05) is 0 Å². The normalized spacial score (nSPS) is 18.9. The van der Waals surface area contributed by atoms with E-state index in [1.54, 1.807) is 0 Å². The standard InChI is InChI=1S/C14H29NS/c1-14(2,3)8-6-4-5-7-9-15-10-12-16-13-11-15/h4-13H2,1-3H3. The molecule has 0 N–H and O–H groups in total. The van der Waals surface area contributed by atoms with Crippen molar-refractivity contribution in [2.45, 2.75) is 52.9 Å². The van der Waals surface area contributed by atoms with Gasteiger partial charge in [-0.3, -0.25) is 0 Å². The second kappa shape index (κ2) is 7.60. The number of nitrogens with zero attached hydrogens (tertiary/aromatic N) is 1. The third-order valence-electron chi connectivity index (χ3n) is 3.25. The molecule has 0 saturated carbocycles. The summed E-state index contributed by atoms with van der Waals surface area (Å²) in [7, 11) is 0. The van der Waals surface area contributed by atoms with Gasteiger partial charge in [0.15, 0.2) is 0 Å². The van der Waals surface area contributed by atoms with Crippen LogP contribution in [0.4, 0.5) is 0 Å². The molecular weight excluding hydrogens is 214 g/mol. The van der Waals surface area contributed by atoms with Crippen LogP contribution in [0, 0.1) is 5.41 Å². The van der Waals surface area contributed by atoms with E-state index < -0.39 is 0 Å². The Morgan fingerprint density at radius 1 is 0.938 bits per heavy atom. The maximum Gasteiger partial charge on any atom is 0.00727 e. The zero-order valence-corrected chi connectivity index (χ0v) is 12.2. The molecule has 0 unspecified atom stereocenters. The third kappa shape index (κ3) is 7.56. The second-order valence-electron chi connectivity index (χ2n) is 6.18. The lowest BCUT2D eigenvalue weighted by Crippen LogP contribution is -2.33. The van der Waals surface area contributed by atoms with Crippen LogP contribution in [0.25, 0.3) is 0 Å². The average molecular weight is 243 g/mol. The molecule has 1 fully saturated rings. The summed E-state index contributed by atoms with van der Waals surface area (Å²) in [4.78, 5) is 2.64. The van der Waals surface area contributed by atoms with Gasteiger partial charge in [-0.15, -0.1) is 0 Å². The number of rotatable bonds is 6. The zero-order valence-electron chi connectivity index (χ0n) is 11.4. The van der Waals surface area contributed by atoms with Gasteiger partial charge in [0, 0.05) is 24.6 Å². The Morgan fingerprint density at radius 2 is 1.56 bits per heavy atom. The van der Waals surface area contributed by atoms with E-state index >= 15 is 0 Å². The van der Waals surface area contributed by atoms with E-state index in [2.05, 4.69) is 37.4 Å². The van der Waals surface area contributed by atoms with Gasteiger partial charge in [-0.05, 0) is 24.8 Å². The van der Waals surface area contributed by atoms with E-state index in [1.165, 1.54) is 63.2 Å². The van der Waals surface area contributed by atoms with Crippen LogP contribution >= 0.6 is 11.8 Å². The maximum absolute atomic E-state index is 2.64. The molecule has 1 nitrogen and oxygen atoms in total. The Hall–Kier alpha value is 0.310. The highest BCUT2D eigenvalue weighted by atomic mass is 32.2. The topological polar surface area (TPSA) is 3.24 Å². The van der Waals surface area contributed by atoms with Gasteiger partial charge in [0.25, 0.3) is 0 Å². The summed E-state index contributed by atoms with van der Waals surface area (Å²) in [5.74, 6) is 2.70. The lowest BCUT2D eigenvalue weighted by atomic mass is 9.89. The zero-order chi connectivity index (χ0) is 11.9. The highest BCUT2D eigenvalue weighted by molar-refractivity contribution is 7.99. The van der Waals surface area contributed by atoms with Gasteiger partial charge in [-0.1, -0.05) is 40.0 Å². The number of thioether (sulfide) groups is 1. The van der Waals surface area contributed by atoms with E-state index in [4.69, 9.17) is 0 Å². The van der Waals surface area contributed by atoms with E-state index in [0.717, 1.165) is 0 Å². The molecule has 2 heteroatoms. The fraction of sp³-hybridized carbons (Fsp3) is 1.00. The summed E-state index contributed by atoms with van der Waals surface area (Å²) in [5, 5.41) is 0. The van der Waals surface area contributed by atoms with Crippen molar-refractivity contribution in [1.82, 2.24) is 4.90 Å². The van der Waals surface area contributed by atoms with Crippen molar-refractivity contribution in [3.63, 3.8) is 0 Å². The van der Waals surface area contributed by atoms with Gasteiger partial charge in [0.1, 0.15) is 0 Å². The van der Waals surface area contributed by atoms with Crippen LogP contribution in [0.3, 0.4) is 0 Å². The van der Waals surface area contributed by atoms with Crippen molar-refractivity contribution in [3.05, 3.63) is 0 Å². The van der Waals surface area contributed by atoms with Crippen LogP contribution in [-0.4, -0.2) is 36.0 Å². The van der Waals surface area contributed by atoms with Crippen molar-refractivity contribution in [2.75, 3.05) is 31.1 Å². The minimum atomic E-state index is 0.532. The SMILES string of the molecule is CC(C)(C)CCCCCCN1CCSCC1. The van der Waals surface area contributed by atoms with Gasteiger partial charge < -0.3 is 4.90 Å². The molecule has 1 aliphatic heterocycles. The minimum Gasteiger partial charge on any atom is -0.302 e. The number of hydrogen-bond acceptors (Lipinski definition) is 2. The maximum atomic E-state index is 2.64. The van der Waals surface area contributed by atoms with Crippen LogP contribution in [0.1, 0.15) is 52.9 Å². The van der Waals surface area contributed by atoms with Crippen LogP contribution in [0.2, 0.25) is 0 Å². The van der Waals surface area contributed by atoms with Gasteiger partial charge >= 0.3 is 0 Å². The molecule has 0 aromatic heterocycles. The van der Waals surface area contributed by atoms with Crippen molar-refractivity contribution >= 4 is 11.8 Å². The molecule has 0 aliphatic carbocycles. The Kier molecular flexibility index (Phi) is 6.83. The molecule has 0 radical (unpaired) electrons. The molecule has 1 rings (SSSR count). The summed E-state index contributed by atoms with van der Waals surface area (Å²) >= 11 is 2.11. The monoisotopic (exact) mass is 243 g/mol. The fourth-order valence-electron chi connectivity index (χ4n) is 2.17. The summed E-state index contributed by atoms with van der Waals surface area (Å²) < 4.78 is 0. The molecule has 16 heavy (non-hydrogen) atoms. The van der Waals surface area contributed by atoms with Crippen LogP contribution < -0.4 is 0 Å². The van der Waals surface area contributed by atoms with Gasteiger partial charge in [0.2, 0.25) is 0 Å².